The Morgan fingerprint density at radius 1 is 1.33 bits per heavy atom. The van der Waals surface area contributed by atoms with Crippen LogP contribution in [0.3, 0.4) is 0 Å². The van der Waals surface area contributed by atoms with Crippen molar-refractivity contribution < 1.29 is 4.79 Å². The molecule has 2 saturated carbocycles. The van der Waals surface area contributed by atoms with Crippen molar-refractivity contribution in [3.05, 3.63) is 30.5 Å². The molecule has 0 bridgehead atoms. The van der Waals surface area contributed by atoms with E-state index >= 15 is 0 Å². The van der Waals surface area contributed by atoms with E-state index in [9.17, 15) is 4.79 Å². The molecule has 0 saturated heterocycles. The predicted molar refractivity (Wildman–Crippen MR) is 78.5 cm³/mol. The summed E-state index contributed by atoms with van der Waals surface area (Å²) in [4.78, 5) is 20.7. The SMILES string of the molecule is O=C(NCc1cnc2cnccn12)[C@H]1CC12CCCCC2. The third-order valence-corrected chi connectivity index (χ3v) is 5.19. The summed E-state index contributed by atoms with van der Waals surface area (Å²) in [5.41, 5.74) is 2.17. The van der Waals surface area contributed by atoms with Crippen LogP contribution in [0.5, 0.6) is 0 Å². The minimum atomic E-state index is 0.223. The van der Waals surface area contributed by atoms with Crippen LogP contribution in [0.25, 0.3) is 5.65 Å². The number of hydrogen-bond acceptors (Lipinski definition) is 3. The maximum absolute atomic E-state index is 12.4. The molecule has 2 aliphatic carbocycles. The highest BCUT2D eigenvalue weighted by Crippen LogP contribution is 2.61. The maximum Gasteiger partial charge on any atom is 0.224 e. The second kappa shape index (κ2) is 4.83. The highest BCUT2D eigenvalue weighted by molar-refractivity contribution is 5.82. The lowest BCUT2D eigenvalue weighted by molar-refractivity contribution is -0.123. The first-order valence-corrected chi connectivity index (χ1v) is 7.82. The summed E-state index contributed by atoms with van der Waals surface area (Å²) in [6, 6.07) is 0. The molecule has 2 heterocycles. The van der Waals surface area contributed by atoms with E-state index in [0.717, 1.165) is 17.8 Å². The lowest BCUT2D eigenvalue weighted by Crippen LogP contribution is -2.28. The van der Waals surface area contributed by atoms with E-state index < -0.39 is 0 Å². The molecular formula is C16H20N4O. The van der Waals surface area contributed by atoms with Crippen LogP contribution in [0.1, 0.15) is 44.2 Å². The van der Waals surface area contributed by atoms with Gasteiger partial charge in [0.1, 0.15) is 0 Å². The topological polar surface area (TPSA) is 59.3 Å². The van der Waals surface area contributed by atoms with Crippen molar-refractivity contribution in [2.75, 3.05) is 0 Å². The van der Waals surface area contributed by atoms with Gasteiger partial charge in [0.05, 0.1) is 24.6 Å². The zero-order valence-corrected chi connectivity index (χ0v) is 12.1. The quantitative estimate of drug-likeness (QED) is 0.941. The van der Waals surface area contributed by atoms with Crippen molar-refractivity contribution >= 4 is 11.6 Å². The van der Waals surface area contributed by atoms with E-state index in [4.69, 9.17) is 0 Å². The second-order valence-corrected chi connectivity index (χ2v) is 6.45. The normalized spacial score (nSPS) is 23.3. The smallest absolute Gasteiger partial charge is 0.224 e. The summed E-state index contributed by atoms with van der Waals surface area (Å²) in [5.74, 6) is 0.472. The summed E-state index contributed by atoms with van der Waals surface area (Å²) < 4.78 is 1.97. The second-order valence-electron chi connectivity index (χ2n) is 6.45. The zero-order chi connectivity index (χ0) is 14.3. The molecule has 2 aliphatic rings. The fourth-order valence-corrected chi connectivity index (χ4v) is 3.85. The summed E-state index contributed by atoms with van der Waals surface area (Å²) >= 11 is 0. The average Bonchev–Trinajstić information content (AvgIpc) is 3.05. The molecule has 5 nitrogen and oxygen atoms in total. The van der Waals surface area contributed by atoms with Crippen molar-refractivity contribution in [3.63, 3.8) is 0 Å². The average molecular weight is 284 g/mol. The van der Waals surface area contributed by atoms with Gasteiger partial charge in [-0.1, -0.05) is 19.3 Å². The molecular weight excluding hydrogens is 264 g/mol. The van der Waals surface area contributed by atoms with Gasteiger partial charge in [0, 0.05) is 18.3 Å². The van der Waals surface area contributed by atoms with Crippen LogP contribution in [0.2, 0.25) is 0 Å². The monoisotopic (exact) mass is 284 g/mol. The van der Waals surface area contributed by atoms with Gasteiger partial charge in [0.25, 0.3) is 0 Å². The molecule has 1 N–H and O–H groups in total. The Morgan fingerprint density at radius 3 is 3.05 bits per heavy atom. The Bertz CT molecular complexity index is 672. The van der Waals surface area contributed by atoms with Crippen molar-refractivity contribution in [1.82, 2.24) is 19.7 Å². The molecule has 110 valence electrons. The van der Waals surface area contributed by atoms with Crippen LogP contribution >= 0.6 is 0 Å². The minimum absolute atomic E-state index is 0.223. The maximum atomic E-state index is 12.4. The van der Waals surface area contributed by atoms with E-state index in [0.29, 0.717) is 12.0 Å². The molecule has 2 fully saturated rings. The van der Waals surface area contributed by atoms with Crippen LogP contribution in [0, 0.1) is 11.3 Å². The molecule has 21 heavy (non-hydrogen) atoms. The lowest BCUT2D eigenvalue weighted by Gasteiger charge is -2.22. The first kappa shape index (κ1) is 12.8. The number of carbonyl (C=O) groups is 1. The number of hydrogen-bond donors (Lipinski definition) is 1. The highest BCUT2D eigenvalue weighted by Gasteiger charge is 2.57. The van der Waals surface area contributed by atoms with Gasteiger partial charge in [-0.25, -0.2) is 4.98 Å². The summed E-state index contributed by atoms with van der Waals surface area (Å²) in [6.45, 7) is 0.538. The highest BCUT2D eigenvalue weighted by atomic mass is 16.2. The Balaban J connectivity index is 1.40. The molecule has 5 heteroatoms. The van der Waals surface area contributed by atoms with Crippen LogP contribution in [-0.2, 0) is 11.3 Å². The summed E-state index contributed by atoms with van der Waals surface area (Å²) in [7, 11) is 0. The van der Waals surface area contributed by atoms with Gasteiger partial charge >= 0.3 is 0 Å². The molecule has 2 aromatic heterocycles. The first-order valence-electron chi connectivity index (χ1n) is 7.82. The number of carbonyl (C=O) groups excluding carboxylic acids is 1. The van der Waals surface area contributed by atoms with E-state index in [1.807, 2.05) is 10.6 Å². The Kier molecular flexibility index (Phi) is 2.94. The number of fused-ring (bicyclic) bond motifs is 1. The summed E-state index contributed by atoms with van der Waals surface area (Å²) in [5, 5.41) is 3.09. The van der Waals surface area contributed by atoms with E-state index in [-0.39, 0.29) is 11.8 Å². The fraction of sp³-hybridized carbons (Fsp3) is 0.562. The molecule has 2 aromatic rings. The minimum Gasteiger partial charge on any atom is -0.350 e. The number of imidazole rings is 1. The number of rotatable bonds is 3. The van der Waals surface area contributed by atoms with Crippen LogP contribution in [-0.4, -0.2) is 20.3 Å². The van der Waals surface area contributed by atoms with Crippen molar-refractivity contribution in [1.29, 1.82) is 0 Å². The lowest BCUT2D eigenvalue weighted by atomic mass is 9.84. The molecule has 0 radical (unpaired) electrons. The molecule has 1 spiro atoms. The Labute approximate surface area is 123 Å². The molecule has 0 aromatic carbocycles. The third kappa shape index (κ3) is 2.20. The van der Waals surface area contributed by atoms with Crippen molar-refractivity contribution in [3.8, 4) is 0 Å². The summed E-state index contributed by atoms with van der Waals surface area (Å²) in [6.07, 6.45) is 14.7. The van der Waals surface area contributed by atoms with Gasteiger partial charge in [-0.2, -0.15) is 0 Å². The van der Waals surface area contributed by atoms with Gasteiger partial charge in [0.15, 0.2) is 5.65 Å². The van der Waals surface area contributed by atoms with Gasteiger partial charge in [0.2, 0.25) is 5.91 Å². The third-order valence-electron chi connectivity index (χ3n) is 5.19. The molecule has 1 atom stereocenters. The number of nitrogens with zero attached hydrogens (tertiary/aromatic N) is 3. The van der Waals surface area contributed by atoms with E-state index in [2.05, 4.69) is 15.3 Å². The van der Waals surface area contributed by atoms with Crippen LogP contribution < -0.4 is 5.32 Å². The molecule has 0 unspecified atom stereocenters. The Hall–Kier alpha value is -1.91. The number of nitrogens with one attached hydrogen (secondary N) is 1. The largest absolute Gasteiger partial charge is 0.350 e. The number of amides is 1. The standard InChI is InChI=1S/C16H20N4O/c21-15(13-8-16(13)4-2-1-3-5-16)19-10-12-9-18-14-11-17-6-7-20(12)14/h6-7,9,11,13H,1-5,8,10H2,(H,19,21)/t13-/m1/s1. The van der Waals surface area contributed by atoms with Crippen LogP contribution in [0.4, 0.5) is 0 Å². The molecule has 0 aliphatic heterocycles. The predicted octanol–water partition coefficient (Wildman–Crippen LogP) is 2.32. The molecule has 4 rings (SSSR count). The van der Waals surface area contributed by atoms with Crippen molar-refractivity contribution in [2.45, 2.75) is 45.1 Å². The Morgan fingerprint density at radius 2 is 2.19 bits per heavy atom. The van der Waals surface area contributed by atoms with Crippen molar-refractivity contribution in [2.24, 2.45) is 11.3 Å². The zero-order valence-electron chi connectivity index (χ0n) is 12.1. The first-order chi connectivity index (χ1) is 10.3. The van der Waals surface area contributed by atoms with E-state index in [1.54, 1.807) is 18.6 Å². The van der Waals surface area contributed by atoms with Gasteiger partial charge in [-0.15, -0.1) is 0 Å². The van der Waals surface area contributed by atoms with E-state index in [1.165, 1.54) is 32.1 Å². The van der Waals surface area contributed by atoms with Gasteiger partial charge < -0.3 is 5.32 Å². The van der Waals surface area contributed by atoms with Gasteiger partial charge in [-0.05, 0) is 24.7 Å². The van der Waals surface area contributed by atoms with Gasteiger partial charge in [-0.3, -0.25) is 14.2 Å². The van der Waals surface area contributed by atoms with Crippen LogP contribution in [0.15, 0.2) is 24.8 Å². The number of aromatic nitrogens is 3. The fourth-order valence-electron chi connectivity index (χ4n) is 3.85. The molecule has 1 amide bonds.